The van der Waals surface area contributed by atoms with Crippen molar-refractivity contribution in [3.05, 3.63) is 36.6 Å². The van der Waals surface area contributed by atoms with Gasteiger partial charge in [-0.05, 0) is 6.92 Å². The molecule has 0 fully saturated rings. The fraction of sp³-hybridized carbons (Fsp3) is 0.333. The fourth-order valence-electron chi connectivity index (χ4n) is 0.475. The van der Waals surface area contributed by atoms with Crippen LogP contribution in [0.2, 0.25) is 0 Å². The molecule has 0 aromatic heterocycles. The Balaban J connectivity index is 3.53. The zero-order chi connectivity index (χ0) is 7.98. The summed E-state index contributed by atoms with van der Waals surface area (Å²) in [5.41, 5.74) is 1.05. The van der Waals surface area contributed by atoms with Crippen molar-refractivity contribution in [1.82, 2.24) is 0 Å². The summed E-state index contributed by atoms with van der Waals surface area (Å²) in [6.45, 7) is 9.34. The summed E-state index contributed by atoms with van der Waals surface area (Å²) in [6.07, 6.45) is 4.70. The van der Waals surface area contributed by atoms with E-state index in [0.717, 1.165) is 17.8 Å². The average Bonchev–Trinajstić information content (AvgIpc) is 1.87. The van der Waals surface area contributed by atoms with Crippen LogP contribution in [0.1, 0.15) is 13.3 Å². The lowest BCUT2D eigenvalue weighted by atomic mass is 10.2. The summed E-state index contributed by atoms with van der Waals surface area (Å²) in [6, 6.07) is 0. The van der Waals surface area contributed by atoms with Crippen LogP contribution in [0.25, 0.3) is 0 Å². The summed E-state index contributed by atoms with van der Waals surface area (Å²) in [5.74, 6) is 0.775. The molecule has 0 radical (unpaired) electrons. The minimum Gasteiger partial charge on any atom is -0.501 e. The van der Waals surface area contributed by atoms with Gasteiger partial charge in [-0.25, -0.2) is 0 Å². The van der Waals surface area contributed by atoms with Crippen LogP contribution < -0.4 is 0 Å². The summed E-state index contributed by atoms with van der Waals surface area (Å²) in [5, 5.41) is 0. The Morgan fingerprint density at radius 3 is 2.50 bits per heavy atom. The van der Waals surface area contributed by atoms with E-state index in [1.807, 2.05) is 19.1 Å². The van der Waals surface area contributed by atoms with Gasteiger partial charge in [0.15, 0.2) is 0 Å². The Labute approximate surface area is 62.7 Å². The second kappa shape index (κ2) is 4.86. The van der Waals surface area contributed by atoms with Gasteiger partial charge in [0, 0.05) is 6.42 Å². The maximum absolute atomic E-state index is 4.86. The average molecular weight is 138 g/mol. The largest absolute Gasteiger partial charge is 0.501 e. The number of rotatable bonds is 4. The highest BCUT2D eigenvalue weighted by Crippen LogP contribution is 2.00. The molecule has 0 bridgehead atoms. The van der Waals surface area contributed by atoms with Gasteiger partial charge in [0.05, 0.1) is 12.9 Å². The molecule has 0 rings (SSSR count). The van der Waals surface area contributed by atoms with Crippen molar-refractivity contribution >= 4 is 0 Å². The third kappa shape index (κ3) is 5.16. The lowest BCUT2D eigenvalue weighted by molar-refractivity contribution is 0.287. The number of methoxy groups -OCH3 is 1. The van der Waals surface area contributed by atoms with Crippen molar-refractivity contribution in [2.45, 2.75) is 13.3 Å². The second-order valence-corrected chi connectivity index (χ2v) is 2.20. The second-order valence-electron chi connectivity index (χ2n) is 2.20. The Kier molecular flexibility index (Phi) is 4.38. The highest BCUT2D eigenvalue weighted by Gasteiger charge is 1.84. The molecular formula is C9H14O. The standard InChI is InChI=1S/C9H14O/c1-8(2)6-5-7-9(3)10-4/h5-6H,1,3,7H2,2,4H3/b6-5-. The number of ether oxygens (including phenoxy) is 1. The van der Waals surface area contributed by atoms with Gasteiger partial charge >= 0.3 is 0 Å². The first-order valence-electron chi connectivity index (χ1n) is 3.20. The van der Waals surface area contributed by atoms with E-state index in [0.29, 0.717) is 0 Å². The quantitative estimate of drug-likeness (QED) is 0.428. The van der Waals surface area contributed by atoms with E-state index in [4.69, 9.17) is 4.74 Å². The van der Waals surface area contributed by atoms with Gasteiger partial charge in [-0.15, -0.1) is 0 Å². The monoisotopic (exact) mass is 138 g/mol. The smallest absolute Gasteiger partial charge is 0.0921 e. The molecule has 0 unspecified atom stereocenters. The number of hydrogen-bond donors (Lipinski definition) is 0. The van der Waals surface area contributed by atoms with E-state index in [-0.39, 0.29) is 0 Å². The third-order valence-electron chi connectivity index (χ3n) is 1.04. The highest BCUT2D eigenvalue weighted by atomic mass is 16.5. The van der Waals surface area contributed by atoms with Crippen LogP contribution in [0.4, 0.5) is 0 Å². The predicted molar refractivity (Wildman–Crippen MR) is 44.7 cm³/mol. The van der Waals surface area contributed by atoms with E-state index in [1.54, 1.807) is 7.11 Å². The molecule has 0 saturated carbocycles. The molecule has 1 nitrogen and oxygen atoms in total. The molecule has 0 aliphatic carbocycles. The summed E-state index contributed by atoms with van der Waals surface area (Å²) in [7, 11) is 1.62. The van der Waals surface area contributed by atoms with E-state index in [9.17, 15) is 0 Å². The molecule has 1 heteroatoms. The van der Waals surface area contributed by atoms with Gasteiger partial charge < -0.3 is 4.74 Å². The van der Waals surface area contributed by atoms with Crippen LogP contribution in [-0.4, -0.2) is 7.11 Å². The van der Waals surface area contributed by atoms with Crippen LogP contribution in [0.15, 0.2) is 36.6 Å². The zero-order valence-corrected chi connectivity index (χ0v) is 6.68. The van der Waals surface area contributed by atoms with E-state index >= 15 is 0 Å². The normalized spacial score (nSPS) is 9.80. The summed E-state index contributed by atoms with van der Waals surface area (Å²) >= 11 is 0. The van der Waals surface area contributed by atoms with Gasteiger partial charge in [-0.3, -0.25) is 0 Å². The molecule has 0 aliphatic rings. The zero-order valence-electron chi connectivity index (χ0n) is 6.68. The van der Waals surface area contributed by atoms with E-state index < -0.39 is 0 Å². The lowest BCUT2D eigenvalue weighted by Crippen LogP contribution is -1.80. The Morgan fingerprint density at radius 1 is 1.50 bits per heavy atom. The van der Waals surface area contributed by atoms with Crippen molar-refractivity contribution in [2.75, 3.05) is 7.11 Å². The van der Waals surface area contributed by atoms with Gasteiger partial charge in [-0.2, -0.15) is 0 Å². The van der Waals surface area contributed by atoms with E-state index in [2.05, 4.69) is 13.2 Å². The molecular weight excluding hydrogens is 124 g/mol. The molecule has 0 amide bonds. The SMILES string of the molecule is C=C(C)/C=C\CC(=C)OC. The van der Waals surface area contributed by atoms with Gasteiger partial charge in [0.25, 0.3) is 0 Å². The molecule has 0 spiro atoms. The molecule has 0 atom stereocenters. The van der Waals surface area contributed by atoms with Crippen LogP contribution in [0, 0.1) is 0 Å². The molecule has 0 heterocycles. The molecule has 0 saturated heterocycles. The van der Waals surface area contributed by atoms with Crippen molar-refractivity contribution < 1.29 is 4.74 Å². The molecule has 0 aromatic carbocycles. The topological polar surface area (TPSA) is 9.23 Å². The lowest BCUT2D eigenvalue weighted by Gasteiger charge is -1.97. The van der Waals surface area contributed by atoms with Crippen molar-refractivity contribution in [2.24, 2.45) is 0 Å². The van der Waals surface area contributed by atoms with Crippen molar-refractivity contribution in [1.29, 1.82) is 0 Å². The van der Waals surface area contributed by atoms with Crippen molar-refractivity contribution in [3.63, 3.8) is 0 Å². The van der Waals surface area contributed by atoms with Gasteiger partial charge in [0.2, 0.25) is 0 Å². The maximum Gasteiger partial charge on any atom is 0.0921 e. The Morgan fingerprint density at radius 2 is 2.10 bits per heavy atom. The van der Waals surface area contributed by atoms with Gasteiger partial charge in [0.1, 0.15) is 0 Å². The summed E-state index contributed by atoms with van der Waals surface area (Å²) in [4.78, 5) is 0. The first kappa shape index (κ1) is 9.02. The van der Waals surface area contributed by atoms with Crippen LogP contribution in [-0.2, 0) is 4.74 Å². The first-order valence-corrected chi connectivity index (χ1v) is 3.20. The number of hydrogen-bond acceptors (Lipinski definition) is 1. The van der Waals surface area contributed by atoms with Crippen LogP contribution in [0.5, 0.6) is 0 Å². The first-order chi connectivity index (χ1) is 4.66. The minimum atomic E-state index is 0.767. The highest BCUT2D eigenvalue weighted by molar-refractivity contribution is 5.12. The number of allylic oxidation sites excluding steroid dienone is 3. The molecule has 10 heavy (non-hydrogen) atoms. The molecule has 0 aromatic rings. The van der Waals surface area contributed by atoms with Crippen LogP contribution >= 0.6 is 0 Å². The minimum absolute atomic E-state index is 0.767. The molecule has 56 valence electrons. The molecule has 0 N–H and O–H groups in total. The fourth-order valence-corrected chi connectivity index (χ4v) is 0.475. The van der Waals surface area contributed by atoms with E-state index in [1.165, 1.54) is 0 Å². The van der Waals surface area contributed by atoms with Crippen molar-refractivity contribution in [3.8, 4) is 0 Å². The van der Waals surface area contributed by atoms with Gasteiger partial charge in [-0.1, -0.05) is 30.9 Å². The van der Waals surface area contributed by atoms with Crippen LogP contribution in [0.3, 0.4) is 0 Å². The maximum atomic E-state index is 4.86. The third-order valence-corrected chi connectivity index (χ3v) is 1.04. The Hall–Kier alpha value is -0.980. The summed E-state index contributed by atoms with van der Waals surface area (Å²) < 4.78 is 4.86. The predicted octanol–water partition coefficient (Wildman–Crippen LogP) is 2.67. The Bertz CT molecular complexity index is 154. The molecule has 0 aliphatic heterocycles.